The van der Waals surface area contributed by atoms with Crippen LogP contribution in [0.2, 0.25) is 18.1 Å². The fraction of sp³-hybridized carbons (Fsp3) is 0.407. The lowest BCUT2D eigenvalue weighted by Crippen LogP contribution is -2.38. The van der Waals surface area contributed by atoms with E-state index in [1.807, 2.05) is 49.5 Å². The highest BCUT2D eigenvalue weighted by molar-refractivity contribution is 6.72. The molecule has 7 heteroatoms. The molecule has 5 nitrogen and oxygen atoms in total. The summed E-state index contributed by atoms with van der Waals surface area (Å²) < 4.78 is 18.6. The van der Waals surface area contributed by atoms with Gasteiger partial charge in [0.1, 0.15) is 18.5 Å². The van der Waals surface area contributed by atoms with Crippen LogP contribution in [0.3, 0.4) is 0 Å². The van der Waals surface area contributed by atoms with E-state index in [0.717, 1.165) is 23.1 Å². The van der Waals surface area contributed by atoms with Crippen LogP contribution in [0.25, 0.3) is 5.57 Å². The maximum absolute atomic E-state index is 13.5. The lowest BCUT2D eigenvalue weighted by molar-refractivity contribution is -0.129. The summed E-state index contributed by atoms with van der Waals surface area (Å²) in [6.45, 7) is 8.18. The second-order valence-corrected chi connectivity index (χ2v) is 14.5. The van der Waals surface area contributed by atoms with E-state index in [2.05, 4.69) is 13.8 Å². The van der Waals surface area contributed by atoms with Crippen LogP contribution in [0, 0.1) is 5.82 Å². The van der Waals surface area contributed by atoms with Gasteiger partial charge in [0.05, 0.1) is 0 Å². The molecule has 1 N–H and O–H groups in total. The third-order valence-electron chi connectivity index (χ3n) is 6.97. The van der Waals surface area contributed by atoms with E-state index in [1.165, 1.54) is 17.0 Å². The molecule has 0 bridgehead atoms. The van der Waals surface area contributed by atoms with E-state index >= 15 is 0 Å². The predicted octanol–water partition coefficient (Wildman–Crippen LogP) is 6.47. The number of amides is 2. The van der Waals surface area contributed by atoms with Gasteiger partial charge in [0.2, 0.25) is 5.91 Å². The van der Waals surface area contributed by atoms with Crippen molar-refractivity contribution in [1.82, 2.24) is 4.90 Å². The molecule has 1 fully saturated rings. The molecule has 34 heavy (non-hydrogen) atoms. The SMILES string of the molecule is CC(C)(CC/C(=C\CCC(=O)N1C(=O)OC[C@@H]1c1ccccc1)c1ccc(F)cc1)[Si](C)(C)O. The van der Waals surface area contributed by atoms with E-state index in [-0.39, 0.29) is 29.8 Å². The molecule has 0 radical (unpaired) electrons. The first kappa shape index (κ1) is 25.8. The molecular weight excluding hydrogens is 449 g/mol. The van der Waals surface area contributed by atoms with Gasteiger partial charge < -0.3 is 9.53 Å². The maximum Gasteiger partial charge on any atom is 0.417 e. The highest BCUT2D eigenvalue weighted by atomic mass is 28.4. The number of cyclic esters (lactones) is 1. The Kier molecular flexibility index (Phi) is 8.10. The Bertz CT molecular complexity index is 1030. The number of hydrogen-bond donors (Lipinski definition) is 1. The van der Waals surface area contributed by atoms with Gasteiger partial charge >= 0.3 is 6.09 Å². The predicted molar refractivity (Wildman–Crippen MR) is 134 cm³/mol. The third-order valence-corrected chi connectivity index (χ3v) is 10.5. The molecule has 3 rings (SSSR count). The quantitative estimate of drug-likeness (QED) is 0.415. The molecule has 0 saturated carbocycles. The Labute approximate surface area is 202 Å². The molecule has 1 atom stereocenters. The van der Waals surface area contributed by atoms with Crippen LogP contribution in [-0.2, 0) is 9.53 Å². The van der Waals surface area contributed by atoms with E-state index < -0.39 is 20.5 Å². The second kappa shape index (κ2) is 10.7. The van der Waals surface area contributed by atoms with Crippen LogP contribution >= 0.6 is 0 Å². The summed E-state index contributed by atoms with van der Waals surface area (Å²) in [4.78, 5) is 37.1. The van der Waals surface area contributed by atoms with Gasteiger partial charge in [-0.25, -0.2) is 14.1 Å². The van der Waals surface area contributed by atoms with Crippen molar-refractivity contribution in [3.05, 3.63) is 77.6 Å². The number of allylic oxidation sites excluding steroid dienone is 2. The van der Waals surface area contributed by atoms with Gasteiger partial charge in [-0.15, -0.1) is 0 Å². The van der Waals surface area contributed by atoms with Crippen LogP contribution in [0.4, 0.5) is 9.18 Å². The van der Waals surface area contributed by atoms with E-state index in [1.54, 1.807) is 12.1 Å². The molecule has 1 aliphatic heterocycles. The molecule has 1 heterocycles. The van der Waals surface area contributed by atoms with Crippen molar-refractivity contribution >= 4 is 25.9 Å². The number of carbonyl (C=O) groups is 2. The van der Waals surface area contributed by atoms with Crippen molar-refractivity contribution in [3.8, 4) is 0 Å². The number of benzene rings is 2. The number of carbonyl (C=O) groups excluding carboxylic acids is 2. The first-order chi connectivity index (χ1) is 16.0. The first-order valence-electron chi connectivity index (χ1n) is 11.7. The summed E-state index contributed by atoms with van der Waals surface area (Å²) in [6.07, 6.45) is 3.45. The first-order valence-corrected chi connectivity index (χ1v) is 14.7. The third kappa shape index (κ3) is 6.21. The Morgan fingerprint density at radius 1 is 1.15 bits per heavy atom. The average Bonchev–Trinajstić information content (AvgIpc) is 3.18. The lowest BCUT2D eigenvalue weighted by Gasteiger charge is -2.35. The van der Waals surface area contributed by atoms with Crippen molar-refractivity contribution in [3.63, 3.8) is 0 Å². The molecular formula is C27H34FNO4Si. The Morgan fingerprint density at radius 3 is 2.41 bits per heavy atom. The molecule has 0 unspecified atom stereocenters. The zero-order valence-electron chi connectivity index (χ0n) is 20.4. The van der Waals surface area contributed by atoms with Crippen molar-refractivity contribution in [2.45, 2.75) is 63.7 Å². The topological polar surface area (TPSA) is 66.8 Å². The largest absolute Gasteiger partial charge is 0.446 e. The number of imide groups is 1. The minimum atomic E-state index is -2.38. The van der Waals surface area contributed by atoms with Crippen molar-refractivity contribution in [1.29, 1.82) is 0 Å². The van der Waals surface area contributed by atoms with Gasteiger partial charge in [-0.05, 0) is 66.2 Å². The molecule has 1 saturated heterocycles. The van der Waals surface area contributed by atoms with Gasteiger partial charge in [0.15, 0.2) is 8.32 Å². The molecule has 0 aromatic heterocycles. The van der Waals surface area contributed by atoms with Crippen molar-refractivity contribution < 1.29 is 23.5 Å². The van der Waals surface area contributed by atoms with Crippen molar-refractivity contribution in [2.24, 2.45) is 0 Å². The Morgan fingerprint density at radius 2 is 1.79 bits per heavy atom. The standard InChI is InChI=1S/C27H34FNO4Si/c1-27(2,34(3,4)32)18-17-20(21-13-15-23(28)16-14-21)11-8-12-25(30)29-24(19-33-26(29)31)22-9-6-5-7-10-22/h5-7,9-11,13-16,24,32H,8,12,17-19H2,1-4H3/b20-11+/t24-/m1/s1. The summed E-state index contributed by atoms with van der Waals surface area (Å²) in [5.41, 5.74) is 2.76. The highest BCUT2D eigenvalue weighted by Gasteiger charge is 2.39. The molecule has 0 spiro atoms. The zero-order valence-corrected chi connectivity index (χ0v) is 21.4. The highest BCUT2D eigenvalue weighted by Crippen LogP contribution is 2.42. The number of nitrogens with zero attached hydrogens (tertiary/aromatic N) is 1. The molecule has 0 aliphatic carbocycles. The van der Waals surface area contributed by atoms with Crippen LogP contribution in [0.15, 0.2) is 60.7 Å². The van der Waals surface area contributed by atoms with Crippen LogP contribution in [0.5, 0.6) is 0 Å². The van der Waals surface area contributed by atoms with E-state index in [9.17, 15) is 18.8 Å². The van der Waals surface area contributed by atoms with E-state index in [4.69, 9.17) is 4.74 Å². The minimum absolute atomic E-state index is 0.154. The summed E-state index contributed by atoms with van der Waals surface area (Å²) in [6, 6.07) is 15.3. The number of rotatable bonds is 9. The van der Waals surface area contributed by atoms with Crippen LogP contribution in [-0.4, -0.2) is 36.6 Å². The van der Waals surface area contributed by atoms with Gasteiger partial charge in [-0.2, -0.15) is 0 Å². The zero-order chi connectivity index (χ0) is 24.9. The minimum Gasteiger partial charge on any atom is -0.446 e. The number of ether oxygens (including phenoxy) is 1. The number of hydrogen-bond acceptors (Lipinski definition) is 4. The Hall–Kier alpha value is -2.77. The summed E-state index contributed by atoms with van der Waals surface area (Å²) in [7, 11) is -2.38. The molecule has 2 amide bonds. The number of halogens is 1. The van der Waals surface area contributed by atoms with Crippen molar-refractivity contribution in [2.75, 3.05) is 6.61 Å². The smallest absolute Gasteiger partial charge is 0.417 e. The average molecular weight is 484 g/mol. The van der Waals surface area contributed by atoms with Gasteiger partial charge in [0, 0.05) is 6.42 Å². The van der Waals surface area contributed by atoms with E-state index in [0.29, 0.717) is 12.8 Å². The van der Waals surface area contributed by atoms with Gasteiger partial charge in [-0.1, -0.05) is 62.4 Å². The molecule has 2 aromatic rings. The fourth-order valence-corrected chi connectivity index (χ4v) is 4.63. The molecule has 2 aromatic carbocycles. The molecule has 1 aliphatic rings. The summed E-state index contributed by atoms with van der Waals surface area (Å²) >= 11 is 0. The molecule has 182 valence electrons. The monoisotopic (exact) mass is 483 g/mol. The normalized spacial score (nSPS) is 17.1. The van der Waals surface area contributed by atoms with Gasteiger partial charge in [0.25, 0.3) is 0 Å². The fourth-order valence-electron chi connectivity index (χ4n) is 3.89. The Balaban J connectivity index is 1.73. The lowest BCUT2D eigenvalue weighted by atomic mass is 9.95. The summed E-state index contributed by atoms with van der Waals surface area (Å²) in [5, 5.41) is -0.204. The summed E-state index contributed by atoms with van der Waals surface area (Å²) in [5.74, 6) is -0.586. The van der Waals surface area contributed by atoms with Gasteiger partial charge in [-0.3, -0.25) is 4.79 Å². The van der Waals surface area contributed by atoms with Crippen LogP contribution in [0.1, 0.15) is 56.7 Å². The van der Waals surface area contributed by atoms with Crippen LogP contribution < -0.4 is 0 Å². The maximum atomic E-state index is 13.5. The second-order valence-electron chi connectivity index (χ2n) is 9.98.